The van der Waals surface area contributed by atoms with Gasteiger partial charge in [0.2, 0.25) is 0 Å². The summed E-state index contributed by atoms with van der Waals surface area (Å²) in [5, 5.41) is 0. The van der Waals surface area contributed by atoms with Crippen LogP contribution in [0.4, 0.5) is 5.69 Å². The topological polar surface area (TPSA) is 35.2 Å². The van der Waals surface area contributed by atoms with Gasteiger partial charge in [0.25, 0.3) is 0 Å². The zero-order valence-corrected chi connectivity index (χ0v) is 12.9. The maximum absolute atomic E-state index is 5.83. The van der Waals surface area contributed by atoms with Crippen LogP contribution in [0.3, 0.4) is 0 Å². The third-order valence-electron chi connectivity index (χ3n) is 3.21. The SMILES string of the molecule is Cc1ccc(SCCCOc2ccccc2N)cc1C. The highest BCUT2D eigenvalue weighted by atomic mass is 32.2. The number of ether oxygens (including phenoxy) is 1. The summed E-state index contributed by atoms with van der Waals surface area (Å²) in [4.78, 5) is 1.33. The van der Waals surface area contributed by atoms with Gasteiger partial charge in [0.15, 0.2) is 0 Å². The Balaban J connectivity index is 1.71. The molecule has 0 atom stereocenters. The summed E-state index contributed by atoms with van der Waals surface area (Å²) >= 11 is 1.87. The molecule has 0 aliphatic carbocycles. The molecule has 0 aliphatic heterocycles. The summed E-state index contributed by atoms with van der Waals surface area (Å²) in [7, 11) is 0. The van der Waals surface area contributed by atoms with Crippen LogP contribution in [0, 0.1) is 13.8 Å². The quantitative estimate of drug-likeness (QED) is 0.484. The van der Waals surface area contributed by atoms with Crippen molar-refractivity contribution >= 4 is 17.4 Å². The second-order valence-electron chi connectivity index (χ2n) is 4.83. The first-order valence-electron chi connectivity index (χ1n) is 6.84. The first kappa shape index (κ1) is 14.8. The minimum Gasteiger partial charge on any atom is -0.491 e. The fourth-order valence-corrected chi connectivity index (χ4v) is 2.77. The lowest BCUT2D eigenvalue weighted by Gasteiger charge is -2.08. The average Bonchev–Trinajstić information content (AvgIpc) is 2.44. The smallest absolute Gasteiger partial charge is 0.142 e. The first-order chi connectivity index (χ1) is 9.66. The molecule has 20 heavy (non-hydrogen) atoms. The molecule has 0 amide bonds. The largest absolute Gasteiger partial charge is 0.491 e. The van der Waals surface area contributed by atoms with Gasteiger partial charge in [-0.05, 0) is 55.7 Å². The molecule has 3 heteroatoms. The van der Waals surface area contributed by atoms with Crippen LogP contribution in [0.5, 0.6) is 5.75 Å². The maximum Gasteiger partial charge on any atom is 0.142 e. The summed E-state index contributed by atoms with van der Waals surface area (Å²) in [6.45, 7) is 4.99. The molecule has 0 heterocycles. The minimum absolute atomic E-state index is 0.700. The zero-order chi connectivity index (χ0) is 14.4. The van der Waals surface area contributed by atoms with Gasteiger partial charge < -0.3 is 10.5 Å². The molecular weight excluding hydrogens is 266 g/mol. The van der Waals surface area contributed by atoms with Crippen LogP contribution in [0.1, 0.15) is 17.5 Å². The van der Waals surface area contributed by atoms with E-state index in [9.17, 15) is 0 Å². The molecule has 0 saturated carbocycles. The highest BCUT2D eigenvalue weighted by Gasteiger charge is 2.00. The van der Waals surface area contributed by atoms with Gasteiger partial charge in [-0.3, -0.25) is 0 Å². The van der Waals surface area contributed by atoms with E-state index < -0.39 is 0 Å². The number of para-hydroxylation sites is 2. The Bertz CT molecular complexity index is 569. The van der Waals surface area contributed by atoms with Gasteiger partial charge in [0.1, 0.15) is 5.75 Å². The number of thioether (sulfide) groups is 1. The lowest BCUT2D eigenvalue weighted by atomic mass is 10.1. The van der Waals surface area contributed by atoms with Crippen molar-refractivity contribution in [1.82, 2.24) is 0 Å². The zero-order valence-electron chi connectivity index (χ0n) is 12.1. The van der Waals surface area contributed by atoms with Crippen molar-refractivity contribution in [3.05, 3.63) is 53.6 Å². The summed E-state index contributed by atoms with van der Waals surface area (Å²) in [5.41, 5.74) is 9.22. The highest BCUT2D eigenvalue weighted by molar-refractivity contribution is 7.99. The predicted molar refractivity (Wildman–Crippen MR) is 87.6 cm³/mol. The van der Waals surface area contributed by atoms with Crippen LogP contribution < -0.4 is 10.5 Å². The third kappa shape index (κ3) is 4.20. The second-order valence-corrected chi connectivity index (χ2v) is 6.00. The van der Waals surface area contributed by atoms with Crippen molar-refractivity contribution in [3.8, 4) is 5.75 Å². The summed E-state index contributed by atoms with van der Waals surface area (Å²) in [5.74, 6) is 1.83. The van der Waals surface area contributed by atoms with E-state index in [4.69, 9.17) is 10.5 Å². The number of aryl methyl sites for hydroxylation is 2. The average molecular weight is 287 g/mol. The summed E-state index contributed by atoms with van der Waals surface area (Å²) < 4.78 is 5.68. The summed E-state index contributed by atoms with van der Waals surface area (Å²) in [6, 6.07) is 14.2. The van der Waals surface area contributed by atoms with Crippen LogP contribution in [-0.2, 0) is 0 Å². The van der Waals surface area contributed by atoms with Gasteiger partial charge in [0.05, 0.1) is 12.3 Å². The van der Waals surface area contributed by atoms with E-state index in [1.54, 1.807) is 0 Å². The Labute approximate surface area is 125 Å². The number of rotatable bonds is 6. The number of hydrogen-bond donors (Lipinski definition) is 1. The molecule has 0 fully saturated rings. The standard InChI is InChI=1S/C17H21NOS/c1-13-8-9-15(12-14(13)2)20-11-5-10-19-17-7-4-3-6-16(17)18/h3-4,6-9,12H,5,10-11,18H2,1-2H3. The van der Waals surface area contributed by atoms with E-state index in [0.29, 0.717) is 12.3 Å². The third-order valence-corrected chi connectivity index (χ3v) is 4.29. The Hall–Kier alpha value is -1.61. The normalized spacial score (nSPS) is 10.5. The number of nitrogen functional groups attached to an aromatic ring is 1. The minimum atomic E-state index is 0.700. The fraction of sp³-hybridized carbons (Fsp3) is 0.294. The van der Waals surface area contributed by atoms with E-state index in [0.717, 1.165) is 17.9 Å². The van der Waals surface area contributed by atoms with E-state index in [2.05, 4.69) is 32.0 Å². The van der Waals surface area contributed by atoms with Gasteiger partial charge in [-0.2, -0.15) is 0 Å². The fourth-order valence-electron chi connectivity index (χ4n) is 1.85. The van der Waals surface area contributed by atoms with E-state index in [1.165, 1.54) is 16.0 Å². The Kier molecular flexibility index (Phi) is 5.36. The van der Waals surface area contributed by atoms with Gasteiger partial charge in [0, 0.05) is 10.6 Å². The Morgan fingerprint density at radius 2 is 1.85 bits per heavy atom. The van der Waals surface area contributed by atoms with Crippen LogP contribution in [0.25, 0.3) is 0 Å². The van der Waals surface area contributed by atoms with Crippen molar-refractivity contribution in [2.24, 2.45) is 0 Å². The van der Waals surface area contributed by atoms with Crippen molar-refractivity contribution in [2.45, 2.75) is 25.2 Å². The lowest BCUT2D eigenvalue weighted by molar-refractivity contribution is 0.320. The molecule has 0 aliphatic rings. The monoisotopic (exact) mass is 287 g/mol. The van der Waals surface area contributed by atoms with Crippen molar-refractivity contribution < 1.29 is 4.74 Å². The molecule has 0 spiro atoms. The van der Waals surface area contributed by atoms with Crippen LogP contribution in [0.2, 0.25) is 0 Å². The Morgan fingerprint density at radius 1 is 1.05 bits per heavy atom. The van der Waals surface area contributed by atoms with E-state index in [-0.39, 0.29) is 0 Å². The van der Waals surface area contributed by atoms with Gasteiger partial charge >= 0.3 is 0 Å². The molecule has 0 radical (unpaired) electrons. The lowest BCUT2D eigenvalue weighted by Crippen LogP contribution is -2.01. The number of benzene rings is 2. The summed E-state index contributed by atoms with van der Waals surface area (Å²) in [6.07, 6.45) is 1.01. The van der Waals surface area contributed by atoms with Gasteiger partial charge in [-0.25, -0.2) is 0 Å². The molecule has 2 nitrogen and oxygen atoms in total. The van der Waals surface area contributed by atoms with Crippen molar-refractivity contribution in [1.29, 1.82) is 0 Å². The van der Waals surface area contributed by atoms with Crippen LogP contribution >= 0.6 is 11.8 Å². The van der Waals surface area contributed by atoms with Gasteiger partial charge in [-0.1, -0.05) is 18.2 Å². The highest BCUT2D eigenvalue weighted by Crippen LogP contribution is 2.23. The van der Waals surface area contributed by atoms with E-state index in [1.807, 2.05) is 36.0 Å². The molecule has 0 bridgehead atoms. The molecule has 2 rings (SSSR count). The molecule has 2 aromatic rings. The molecule has 0 saturated heterocycles. The number of anilines is 1. The maximum atomic E-state index is 5.83. The second kappa shape index (κ2) is 7.25. The van der Waals surface area contributed by atoms with Crippen LogP contribution in [0.15, 0.2) is 47.4 Å². The Morgan fingerprint density at radius 3 is 2.60 bits per heavy atom. The molecule has 2 N–H and O–H groups in total. The molecule has 2 aromatic carbocycles. The van der Waals surface area contributed by atoms with Crippen LogP contribution in [-0.4, -0.2) is 12.4 Å². The van der Waals surface area contributed by atoms with E-state index >= 15 is 0 Å². The molecule has 0 aromatic heterocycles. The van der Waals surface area contributed by atoms with Crippen molar-refractivity contribution in [2.75, 3.05) is 18.1 Å². The number of nitrogens with two attached hydrogens (primary N) is 1. The first-order valence-corrected chi connectivity index (χ1v) is 7.83. The van der Waals surface area contributed by atoms with Crippen molar-refractivity contribution in [3.63, 3.8) is 0 Å². The predicted octanol–water partition coefficient (Wildman–Crippen LogP) is 4.45. The molecule has 0 unspecified atom stereocenters. The number of hydrogen-bond acceptors (Lipinski definition) is 3. The molecular formula is C17H21NOS. The molecule has 106 valence electrons. The van der Waals surface area contributed by atoms with Gasteiger partial charge in [-0.15, -0.1) is 11.8 Å².